The molecule has 0 aliphatic heterocycles. The van der Waals surface area contributed by atoms with Crippen LogP contribution in [0, 0.1) is 0 Å². The predicted octanol–water partition coefficient (Wildman–Crippen LogP) is 2.88. The third kappa shape index (κ3) is 4.30. The molecular formula is C13H20BrNO2. The molecule has 1 aromatic carbocycles. The highest BCUT2D eigenvalue weighted by atomic mass is 79.9. The molecule has 0 bridgehead atoms. The Kier molecular flexibility index (Phi) is 6.55. The van der Waals surface area contributed by atoms with Crippen molar-refractivity contribution in [3.05, 3.63) is 28.2 Å². The second-order valence-electron chi connectivity index (χ2n) is 3.88. The van der Waals surface area contributed by atoms with Gasteiger partial charge in [0.1, 0.15) is 5.75 Å². The SMILES string of the molecule is CCCOc1ccc(Br)cc1C(CCO)NC. The van der Waals surface area contributed by atoms with Crippen LogP contribution in [0.3, 0.4) is 0 Å². The first kappa shape index (κ1) is 14.5. The molecule has 0 fully saturated rings. The molecule has 1 unspecified atom stereocenters. The van der Waals surface area contributed by atoms with Crippen molar-refractivity contribution in [3.8, 4) is 5.75 Å². The van der Waals surface area contributed by atoms with Gasteiger partial charge in [-0.2, -0.15) is 0 Å². The topological polar surface area (TPSA) is 41.5 Å². The van der Waals surface area contributed by atoms with Crippen molar-refractivity contribution in [2.45, 2.75) is 25.8 Å². The Morgan fingerprint density at radius 1 is 1.47 bits per heavy atom. The van der Waals surface area contributed by atoms with Crippen molar-refractivity contribution in [2.75, 3.05) is 20.3 Å². The lowest BCUT2D eigenvalue weighted by atomic mass is 10.0. The molecule has 0 aromatic heterocycles. The summed E-state index contributed by atoms with van der Waals surface area (Å²) in [6.45, 7) is 2.96. The summed E-state index contributed by atoms with van der Waals surface area (Å²) in [6.07, 6.45) is 1.66. The van der Waals surface area contributed by atoms with E-state index in [2.05, 4.69) is 28.2 Å². The van der Waals surface area contributed by atoms with Gasteiger partial charge in [-0.3, -0.25) is 0 Å². The average molecular weight is 302 g/mol. The summed E-state index contributed by atoms with van der Waals surface area (Å²) in [4.78, 5) is 0. The molecule has 1 atom stereocenters. The second-order valence-corrected chi connectivity index (χ2v) is 4.80. The molecule has 96 valence electrons. The number of benzene rings is 1. The molecule has 4 heteroatoms. The third-order valence-electron chi connectivity index (χ3n) is 2.58. The summed E-state index contributed by atoms with van der Waals surface area (Å²) in [5, 5.41) is 12.3. The van der Waals surface area contributed by atoms with E-state index in [1.54, 1.807) is 0 Å². The minimum atomic E-state index is 0.115. The second kappa shape index (κ2) is 7.69. The predicted molar refractivity (Wildman–Crippen MR) is 73.4 cm³/mol. The molecule has 0 aliphatic carbocycles. The number of aliphatic hydroxyl groups is 1. The first-order chi connectivity index (χ1) is 8.22. The van der Waals surface area contributed by atoms with E-state index >= 15 is 0 Å². The minimum absolute atomic E-state index is 0.115. The van der Waals surface area contributed by atoms with Gasteiger partial charge in [-0.05, 0) is 38.1 Å². The van der Waals surface area contributed by atoms with Crippen LogP contribution in [-0.2, 0) is 0 Å². The third-order valence-corrected chi connectivity index (χ3v) is 3.07. The van der Waals surface area contributed by atoms with E-state index in [1.807, 2.05) is 25.2 Å². The highest BCUT2D eigenvalue weighted by Crippen LogP contribution is 2.30. The fraction of sp³-hybridized carbons (Fsp3) is 0.538. The Morgan fingerprint density at radius 2 is 2.24 bits per heavy atom. The molecule has 2 N–H and O–H groups in total. The van der Waals surface area contributed by atoms with E-state index in [4.69, 9.17) is 9.84 Å². The Labute approximate surface area is 111 Å². The summed E-state index contributed by atoms with van der Waals surface area (Å²) in [5.74, 6) is 0.892. The zero-order valence-electron chi connectivity index (χ0n) is 10.4. The zero-order chi connectivity index (χ0) is 12.7. The van der Waals surface area contributed by atoms with E-state index in [0.29, 0.717) is 13.0 Å². The van der Waals surface area contributed by atoms with Gasteiger partial charge in [0.25, 0.3) is 0 Å². The number of ether oxygens (including phenoxy) is 1. The standard InChI is InChI=1S/C13H20BrNO2/c1-3-8-17-13-5-4-10(14)9-11(13)12(15-2)6-7-16/h4-5,9,12,15-16H,3,6-8H2,1-2H3. The van der Waals surface area contributed by atoms with Gasteiger partial charge in [0.15, 0.2) is 0 Å². The van der Waals surface area contributed by atoms with Crippen LogP contribution < -0.4 is 10.1 Å². The Morgan fingerprint density at radius 3 is 2.82 bits per heavy atom. The highest BCUT2D eigenvalue weighted by molar-refractivity contribution is 9.10. The number of halogens is 1. The monoisotopic (exact) mass is 301 g/mol. The van der Waals surface area contributed by atoms with Crippen LogP contribution in [0.5, 0.6) is 5.75 Å². The van der Waals surface area contributed by atoms with Crippen LogP contribution in [-0.4, -0.2) is 25.4 Å². The molecule has 3 nitrogen and oxygen atoms in total. The summed E-state index contributed by atoms with van der Waals surface area (Å²) in [7, 11) is 1.89. The lowest BCUT2D eigenvalue weighted by molar-refractivity contribution is 0.263. The Hall–Kier alpha value is -0.580. The molecule has 0 amide bonds. The van der Waals surface area contributed by atoms with Crippen molar-refractivity contribution in [2.24, 2.45) is 0 Å². The summed E-state index contributed by atoms with van der Waals surface area (Å²) in [6, 6.07) is 6.10. The van der Waals surface area contributed by atoms with Crippen molar-refractivity contribution in [1.82, 2.24) is 5.32 Å². The fourth-order valence-electron chi connectivity index (χ4n) is 1.72. The largest absolute Gasteiger partial charge is 0.493 e. The number of rotatable bonds is 7. The first-order valence-corrected chi connectivity index (χ1v) is 6.72. The van der Waals surface area contributed by atoms with Crippen LogP contribution in [0.1, 0.15) is 31.4 Å². The van der Waals surface area contributed by atoms with Crippen LogP contribution in [0.25, 0.3) is 0 Å². The van der Waals surface area contributed by atoms with E-state index in [9.17, 15) is 0 Å². The van der Waals surface area contributed by atoms with E-state index in [0.717, 1.165) is 22.2 Å². The molecule has 17 heavy (non-hydrogen) atoms. The smallest absolute Gasteiger partial charge is 0.124 e. The van der Waals surface area contributed by atoms with E-state index in [-0.39, 0.29) is 12.6 Å². The Balaban J connectivity index is 2.95. The van der Waals surface area contributed by atoms with Crippen molar-refractivity contribution in [3.63, 3.8) is 0 Å². The zero-order valence-corrected chi connectivity index (χ0v) is 12.0. The molecule has 0 saturated heterocycles. The molecule has 1 rings (SSSR count). The van der Waals surface area contributed by atoms with Gasteiger partial charge >= 0.3 is 0 Å². The normalized spacial score (nSPS) is 12.5. The first-order valence-electron chi connectivity index (χ1n) is 5.93. The van der Waals surface area contributed by atoms with E-state index in [1.165, 1.54) is 0 Å². The summed E-state index contributed by atoms with van der Waals surface area (Å²) >= 11 is 3.47. The van der Waals surface area contributed by atoms with Crippen LogP contribution in [0.4, 0.5) is 0 Å². The van der Waals surface area contributed by atoms with Gasteiger partial charge in [-0.25, -0.2) is 0 Å². The van der Waals surface area contributed by atoms with Crippen molar-refractivity contribution in [1.29, 1.82) is 0 Å². The van der Waals surface area contributed by atoms with Gasteiger partial charge in [0.05, 0.1) is 6.61 Å². The highest BCUT2D eigenvalue weighted by Gasteiger charge is 2.14. The molecule has 0 aliphatic rings. The van der Waals surface area contributed by atoms with Crippen LogP contribution in [0.2, 0.25) is 0 Å². The number of hydrogen-bond acceptors (Lipinski definition) is 3. The fourth-order valence-corrected chi connectivity index (χ4v) is 2.10. The molecule has 0 heterocycles. The maximum atomic E-state index is 9.07. The van der Waals surface area contributed by atoms with Crippen molar-refractivity contribution >= 4 is 15.9 Å². The van der Waals surface area contributed by atoms with Gasteiger partial charge in [0.2, 0.25) is 0 Å². The molecular weight excluding hydrogens is 282 g/mol. The lowest BCUT2D eigenvalue weighted by Gasteiger charge is -2.19. The van der Waals surface area contributed by atoms with Gasteiger partial charge in [-0.15, -0.1) is 0 Å². The van der Waals surface area contributed by atoms with Gasteiger partial charge in [-0.1, -0.05) is 22.9 Å². The van der Waals surface area contributed by atoms with Crippen LogP contribution >= 0.6 is 15.9 Å². The van der Waals surface area contributed by atoms with Gasteiger partial charge < -0.3 is 15.2 Å². The Bertz CT molecular complexity index is 344. The summed E-state index contributed by atoms with van der Waals surface area (Å²) < 4.78 is 6.75. The lowest BCUT2D eigenvalue weighted by Crippen LogP contribution is -2.18. The van der Waals surface area contributed by atoms with Gasteiger partial charge in [0, 0.05) is 22.7 Å². The quantitative estimate of drug-likeness (QED) is 0.814. The maximum absolute atomic E-state index is 9.07. The average Bonchev–Trinajstić information content (AvgIpc) is 2.34. The van der Waals surface area contributed by atoms with E-state index < -0.39 is 0 Å². The van der Waals surface area contributed by atoms with Crippen molar-refractivity contribution < 1.29 is 9.84 Å². The number of aliphatic hydroxyl groups excluding tert-OH is 1. The molecule has 0 spiro atoms. The molecule has 0 radical (unpaired) electrons. The number of hydrogen-bond donors (Lipinski definition) is 2. The van der Waals surface area contributed by atoms with Crippen LogP contribution in [0.15, 0.2) is 22.7 Å². The molecule has 0 saturated carbocycles. The molecule has 1 aromatic rings. The summed E-state index contributed by atoms with van der Waals surface area (Å²) in [5.41, 5.74) is 1.09. The minimum Gasteiger partial charge on any atom is -0.493 e. The maximum Gasteiger partial charge on any atom is 0.124 e. The number of nitrogens with one attached hydrogen (secondary N) is 1.